The van der Waals surface area contributed by atoms with Crippen LogP contribution in [-0.2, 0) is 0 Å². The van der Waals surface area contributed by atoms with Gasteiger partial charge in [0.1, 0.15) is 0 Å². The molecule has 0 fully saturated rings. The predicted octanol–water partition coefficient (Wildman–Crippen LogP) is 2.46. The van der Waals surface area contributed by atoms with E-state index in [0.29, 0.717) is 0 Å². The lowest BCUT2D eigenvalue weighted by Crippen LogP contribution is -2.18. The zero-order valence-corrected chi connectivity index (χ0v) is 11.0. The van der Waals surface area contributed by atoms with E-state index in [1.807, 2.05) is 18.2 Å². The normalized spacial score (nSPS) is 10.0. The fourth-order valence-corrected chi connectivity index (χ4v) is 1.64. The van der Waals surface area contributed by atoms with Crippen LogP contribution in [0.5, 0.6) is 11.5 Å². The standard InChI is InChI=1S/C12H19NO2S/c1-13(7-4-8-16)10-5-6-11(14-2)12(9-10)15-3/h5-6,9,16H,4,7-8H2,1-3H3. The molecule has 0 bridgehead atoms. The van der Waals surface area contributed by atoms with Crippen molar-refractivity contribution in [2.24, 2.45) is 0 Å². The summed E-state index contributed by atoms with van der Waals surface area (Å²) in [6, 6.07) is 5.93. The van der Waals surface area contributed by atoms with E-state index in [-0.39, 0.29) is 0 Å². The van der Waals surface area contributed by atoms with Gasteiger partial charge in [0.15, 0.2) is 11.5 Å². The molecule has 0 aliphatic carbocycles. The molecule has 1 rings (SSSR count). The fraction of sp³-hybridized carbons (Fsp3) is 0.500. The Labute approximate surface area is 103 Å². The molecule has 0 aromatic heterocycles. The molecule has 0 radical (unpaired) electrons. The van der Waals surface area contributed by atoms with E-state index < -0.39 is 0 Å². The molecule has 1 aromatic carbocycles. The van der Waals surface area contributed by atoms with Crippen molar-refractivity contribution in [3.8, 4) is 11.5 Å². The number of rotatable bonds is 6. The zero-order chi connectivity index (χ0) is 12.0. The van der Waals surface area contributed by atoms with E-state index >= 15 is 0 Å². The van der Waals surface area contributed by atoms with Crippen LogP contribution in [0.3, 0.4) is 0 Å². The third kappa shape index (κ3) is 3.23. The van der Waals surface area contributed by atoms with Crippen molar-refractivity contribution in [2.75, 3.05) is 38.5 Å². The average molecular weight is 241 g/mol. The number of ether oxygens (including phenoxy) is 2. The van der Waals surface area contributed by atoms with Gasteiger partial charge in [-0.05, 0) is 24.3 Å². The molecule has 0 saturated heterocycles. The molecule has 0 amide bonds. The number of benzene rings is 1. The summed E-state index contributed by atoms with van der Waals surface area (Å²) in [6.07, 6.45) is 1.06. The summed E-state index contributed by atoms with van der Waals surface area (Å²) in [7, 11) is 5.35. The number of nitrogens with zero attached hydrogens (tertiary/aromatic N) is 1. The van der Waals surface area contributed by atoms with Crippen LogP contribution in [0.25, 0.3) is 0 Å². The van der Waals surface area contributed by atoms with Gasteiger partial charge in [-0.15, -0.1) is 0 Å². The maximum Gasteiger partial charge on any atom is 0.162 e. The van der Waals surface area contributed by atoms with Crippen molar-refractivity contribution in [1.82, 2.24) is 0 Å². The van der Waals surface area contributed by atoms with Gasteiger partial charge >= 0.3 is 0 Å². The van der Waals surface area contributed by atoms with E-state index in [1.165, 1.54) is 0 Å². The molecule has 0 aliphatic rings. The molecule has 0 spiro atoms. The summed E-state index contributed by atoms with van der Waals surface area (Å²) in [5.41, 5.74) is 1.12. The van der Waals surface area contributed by atoms with Crippen molar-refractivity contribution in [1.29, 1.82) is 0 Å². The lowest BCUT2D eigenvalue weighted by Gasteiger charge is -2.20. The van der Waals surface area contributed by atoms with Crippen LogP contribution in [0.15, 0.2) is 18.2 Å². The largest absolute Gasteiger partial charge is 0.493 e. The summed E-state index contributed by atoms with van der Waals surface area (Å²) >= 11 is 4.21. The van der Waals surface area contributed by atoms with Crippen LogP contribution in [0.4, 0.5) is 5.69 Å². The van der Waals surface area contributed by atoms with Gasteiger partial charge in [0.25, 0.3) is 0 Å². The molecule has 0 unspecified atom stereocenters. The molecule has 0 atom stereocenters. The first kappa shape index (κ1) is 13.0. The van der Waals surface area contributed by atoms with Crippen LogP contribution in [0.1, 0.15) is 6.42 Å². The average Bonchev–Trinajstić information content (AvgIpc) is 2.34. The van der Waals surface area contributed by atoms with Gasteiger partial charge in [-0.2, -0.15) is 12.6 Å². The Morgan fingerprint density at radius 2 is 1.88 bits per heavy atom. The molecule has 4 heteroatoms. The van der Waals surface area contributed by atoms with Gasteiger partial charge in [0.05, 0.1) is 14.2 Å². The van der Waals surface area contributed by atoms with Gasteiger partial charge in [0.2, 0.25) is 0 Å². The number of hydrogen-bond acceptors (Lipinski definition) is 4. The Morgan fingerprint density at radius 1 is 1.19 bits per heavy atom. The van der Waals surface area contributed by atoms with Crippen LogP contribution in [0.2, 0.25) is 0 Å². The molecule has 0 aliphatic heterocycles. The van der Waals surface area contributed by atoms with E-state index in [0.717, 1.165) is 35.9 Å². The third-order valence-corrected chi connectivity index (χ3v) is 2.78. The van der Waals surface area contributed by atoms with Crippen molar-refractivity contribution >= 4 is 18.3 Å². The molecule has 1 aromatic rings. The smallest absolute Gasteiger partial charge is 0.162 e. The van der Waals surface area contributed by atoms with Gasteiger partial charge < -0.3 is 14.4 Å². The molecular weight excluding hydrogens is 222 g/mol. The first-order valence-electron chi connectivity index (χ1n) is 5.27. The van der Waals surface area contributed by atoms with Crippen LogP contribution in [-0.4, -0.2) is 33.6 Å². The summed E-state index contributed by atoms with van der Waals surface area (Å²) < 4.78 is 10.5. The maximum atomic E-state index is 5.26. The molecule has 90 valence electrons. The first-order chi connectivity index (χ1) is 7.72. The highest BCUT2D eigenvalue weighted by molar-refractivity contribution is 7.80. The lowest BCUT2D eigenvalue weighted by atomic mass is 10.2. The number of methoxy groups -OCH3 is 2. The molecular formula is C12H19NO2S. The van der Waals surface area contributed by atoms with Crippen molar-refractivity contribution < 1.29 is 9.47 Å². The molecule has 16 heavy (non-hydrogen) atoms. The highest BCUT2D eigenvalue weighted by Crippen LogP contribution is 2.31. The minimum absolute atomic E-state index is 0.758. The van der Waals surface area contributed by atoms with Gasteiger partial charge in [-0.25, -0.2) is 0 Å². The second-order valence-corrected chi connectivity index (χ2v) is 3.99. The van der Waals surface area contributed by atoms with Crippen molar-refractivity contribution in [3.05, 3.63) is 18.2 Å². The van der Waals surface area contributed by atoms with Crippen LogP contribution in [0, 0.1) is 0 Å². The Hall–Kier alpha value is -1.03. The minimum Gasteiger partial charge on any atom is -0.493 e. The molecule has 0 N–H and O–H groups in total. The molecule has 0 saturated carbocycles. The fourth-order valence-electron chi connectivity index (χ4n) is 1.50. The summed E-state index contributed by atoms with van der Waals surface area (Å²) in [5.74, 6) is 2.42. The van der Waals surface area contributed by atoms with E-state index in [2.05, 4.69) is 24.6 Å². The summed E-state index contributed by atoms with van der Waals surface area (Å²) in [4.78, 5) is 2.18. The topological polar surface area (TPSA) is 21.7 Å². The SMILES string of the molecule is COc1ccc(N(C)CCCS)cc1OC. The predicted molar refractivity (Wildman–Crippen MR) is 71.3 cm³/mol. The van der Waals surface area contributed by atoms with E-state index in [9.17, 15) is 0 Å². The lowest BCUT2D eigenvalue weighted by molar-refractivity contribution is 0.355. The second-order valence-electron chi connectivity index (χ2n) is 3.54. The van der Waals surface area contributed by atoms with Gasteiger partial charge in [-0.3, -0.25) is 0 Å². The maximum absolute atomic E-state index is 5.26. The van der Waals surface area contributed by atoms with Gasteiger partial charge in [-0.1, -0.05) is 0 Å². The second kappa shape index (κ2) is 6.53. The number of thiol groups is 1. The third-order valence-electron chi connectivity index (χ3n) is 2.46. The monoisotopic (exact) mass is 241 g/mol. The number of hydrogen-bond donors (Lipinski definition) is 1. The van der Waals surface area contributed by atoms with Gasteiger partial charge in [0, 0.05) is 25.3 Å². The minimum atomic E-state index is 0.758. The highest BCUT2D eigenvalue weighted by atomic mass is 32.1. The van der Waals surface area contributed by atoms with E-state index in [1.54, 1.807) is 14.2 Å². The first-order valence-corrected chi connectivity index (χ1v) is 5.90. The van der Waals surface area contributed by atoms with Crippen molar-refractivity contribution in [3.63, 3.8) is 0 Å². The Morgan fingerprint density at radius 3 is 2.44 bits per heavy atom. The summed E-state index contributed by atoms with van der Waals surface area (Å²) in [6.45, 7) is 0.985. The van der Waals surface area contributed by atoms with Crippen LogP contribution >= 0.6 is 12.6 Å². The number of anilines is 1. The van der Waals surface area contributed by atoms with Crippen LogP contribution < -0.4 is 14.4 Å². The quantitative estimate of drug-likeness (QED) is 0.773. The highest BCUT2D eigenvalue weighted by Gasteiger charge is 2.07. The zero-order valence-electron chi connectivity index (χ0n) is 10.1. The Balaban J connectivity index is 2.81. The molecule has 0 heterocycles. The molecule has 3 nitrogen and oxygen atoms in total. The van der Waals surface area contributed by atoms with Crippen molar-refractivity contribution in [2.45, 2.75) is 6.42 Å². The summed E-state index contributed by atoms with van der Waals surface area (Å²) in [5, 5.41) is 0. The Bertz CT molecular complexity index is 331. The van der Waals surface area contributed by atoms with E-state index in [4.69, 9.17) is 9.47 Å². The Kier molecular flexibility index (Phi) is 5.32.